The van der Waals surface area contributed by atoms with Gasteiger partial charge in [0.05, 0.1) is 16.2 Å². The smallest absolute Gasteiger partial charge is 0.344 e. The molecule has 10 nitrogen and oxygen atoms in total. The Labute approximate surface area is 212 Å². The van der Waals surface area contributed by atoms with Gasteiger partial charge in [0, 0.05) is 24.5 Å². The number of benzene rings is 2. The maximum atomic E-state index is 14.6. The number of pyridine rings is 1. The highest BCUT2D eigenvalue weighted by Crippen LogP contribution is 2.31. The van der Waals surface area contributed by atoms with Crippen LogP contribution >= 0.6 is 0 Å². The molecule has 37 heavy (non-hydrogen) atoms. The summed E-state index contributed by atoms with van der Waals surface area (Å²) in [6, 6.07) is 14.4. The molecule has 0 aliphatic rings. The molecule has 2 aromatic carbocycles. The van der Waals surface area contributed by atoms with Gasteiger partial charge in [0.25, 0.3) is 10.0 Å². The largest absolute Gasteiger partial charge is 0.402 e. The maximum Gasteiger partial charge on any atom is 0.344 e. The monoisotopic (exact) mass is 544 g/mol. The van der Waals surface area contributed by atoms with Crippen molar-refractivity contribution in [1.82, 2.24) is 14.3 Å². The molecule has 2 aromatic heterocycles. The molecule has 3 N–H and O–H groups in total. The van der Waals surface area contributed by atoms with Gasteiger partial charge < -0.3 is 10.1 Å². The van der Waals surface area contributed by atoms with Crippen LogP contribution in [-0.4, -0.2) is 38.8 Å². The predicted molar refractivity (Wildman–Crippen MR) is 132 cm³/mol. The number of aromatic nitrogens is 2. The number of rotatable bonds is 8. The summed E-state index contributed by atoms with van der Waals surface area (Å²) >= 11 is 0. The zero-order valence-corrected chi connectivity index (χ0v) is 21.0. The molecule has 0 spiro atoms. The number of hydrogen-bond donors (Lipinski definition) is 2. The van der Waals surface area contributed by atoms with Gasteiger partial charge in [-0.2, -0.15) is 0 Å². The number of carbonyl (C=O) groups excluding carboxylic acids is 1. The highest BCUT2D eigenvalue weighted by atomic mass is 32.2. The van der Waals surface area contributed by atoms with Crippen LogP contribution in [0.1, 0.15) is 15.9 Å². The average Bonchev–Trinajstić information content (AvgIpc) is 3.29. The Hall–Kier alpha value is -3.91. The van der Waals surface area contributed by atoms with Crippen molar-refractivity contribution in [2.75, 3.05) is 7.05 Å². The third kappa shape index (κ3) is 5.44. The lowest BCUT2D eigenvalue weighted by atomic mass is 10.1. The summed E-state index contributed by atoms with van der Waals surface area (Å²) in [6.45, 7) is 0.313. The van der Waals surface area contributed by atoms with Crippen LogP contribution in [0.15, 0.2) is 88.9 Å². The van der Waals surface area contributed by atoms with Gasteiger partial charge in [-0.15, -0.1) is 0 Å². The minimum Gasteiger partial charge on any atom is -0.402 e. The van der Waals surface area contributed by atoms with E-state index in [1.54, 1.807) is 19.2 Å². The van der Waals surface area contributed by atoms with Crippen molar-refractivity contribution in [1.29, 1.82) is 0 Å². The Morgan fingerprint density at radius 1 is 1.05 bits per heavy atom. The van der Waals surface area contributed by atoms with Crippen LogP contribution in [0, 0.1) is 5.82 Å². The standard InChI is InChI=1S/C24H21FN4O6S2/c1-27-14-16-13-21(19-5-2-3-6-20(19)25)29(15-16)37(33,34)22-7-4-12-28-23(22)35-24(30)17-8-10-18(11-9-17)36(26,31)32/h2-13,15,27H,14H2,1H3,(H2,26,31,32). The van der Waals surface area contributed by atoms with E-state index in [1.165, 1.54) is 54.9 Å². The molecule has 4 rings (SSSR count). The third-order valence-corrected chi connectivity index (χ3v) is 7.87. The molecule has 2 heterocycles. The highest BCUT2D eigenvalue weighted by molar-refractivity contribution is 7.90. The van der Waals surface area contributed by atoms with Gasteiger partial charge in [-0.05, 0) is 67.2 Å². The van der Waals surface area contributed by atoms with Crippen molar-refractivity contribution in [2.24, 2.45) is 5.14 Å². The summed E-state index contributed by atoms with van der Waals surface area (Å²) in [5, 5.41) is 7.98. The van der Waals surface area contributed by atoms with Crippen LogP contribution in [0.2, 0.25) is 0 Å². The van der Waals surface area contributed by atoms with E-state index in [-0.39, 0.29) is 21.7 Å². The molecule has 4 aromatic rings. The molecule has 0 aliphatic carbocycles. The van der Waals surface area contributed by atoms with Crippen molar-refractivity contribution in [2.45, 2.75) is 16.3 Å². The van der Waals surface area contributed by atoms with Gasteiger partial charge >= 0.3 is 5.97 Å². The number of nitrogens with one attached hydrogen (secondary N) is 1. The summed E-state index contributed by atoms with van der Waals surface area (Å²) in [7, 11) is -6.72. The van der Waals surface area contributed by atoms with E-state index in [9.17, 15) is 26.0 Å². The Morgan fingerprint density at radius 3 is 2.41 bits per heavy atom. The number of nitrogens with two attached hydrogens (primary N) is 1. The van der Waals surface area contributed by atoms with Gasteiger partial charge in [-0.1, -0.05) is 12.1 Å². The number of halogens is 1. The first-order valence-corrected chi connectivity index (χ1v) is 13.7. The number of esters is 1. The molecular weight excluding hydrogens is 523 g/mol. The zero-order chi connectivity index (χ0) is 26.8. The molecule has 0 aliphatic heterocycles. The second kappa shape index (κ2) is 10.2. The summed E-state index contributed by atoms with van der Waals surface area (Å²) < 4.78 is 71.2. The summed E-state index contributed by atoms with van der Waals surface area (Å²) in [4.78, 5) is 16.0. The van der Waals surface area contributed by atoms with E-state index in [2.05, 4.69) is 10.3 Å². The van der Waals surface area contributed by atoms with Crippen LogP contribution in [-0.2, 0) is 26.6 Å². The van der Waals surface area contributed by atoms with Crippen molar-refractivity contribution in [3.05, 3.63) is 96.1 Å². The molecule has 0 saturated carbocycles. The minimum absolute atomic E-state index is 0.0609. The summed E-state index contributed by atoms with van der Waals surface area (Å²) in [5.41, 5.74) is 0.640. The van der Waals surface area contributed by atoms with E-state index in [0.29, 0.717) is 12.1 Å². The quantitative estimate of drug-likeness (QED) is 0.321. The van der Waals surface area contributed by atoms with Crippen LogP contribution < -0.4 is 15.2 Å². The normalized spacial score (nSPS) is 11.9. The van der Waals surface area contributed by atoms with E-state index in [1.807, 2.05) is 0 Å². The molecule has 0 unspecified atom stereocenters. The van der Waals surface area contributed by atoms with E-state index in [0.717, 1.165) is 16.1 Å². The third-order valence-electron chi connectivity index (χ3n) is 5.25. The first-order chi connectivity index (χ1) is 17.5. The molecule has 0 fully saturated rings. The first kappa shape index (κ1) is 26.2. The number of hydrogen-bond acceptors (Lipinski definition) is 8. The Morgan fingerprint density at radius 2 is 1.76 bits per heavy atom. The molecule has 192 valence electrons. The van der Waals surface area contributed by atoms with Crippen LogP contribution in [0.3, 0.4) is 0 Å². The second-order valence-corrected chi connectivity index (χ2v) is 11.2. The molecule has 13 heteroatoms. The average molecular weight is 545 g/mol. The first-order valence-electron chi connectivity index (χ1n) is 10.7. The SMILES string of the molecule is CNCc1cc(-c2ccccc2F)n(S(=O)(=O)c2cccnc2OC(=O)c2ccc(S(N)(=O)=O)cc2)c1. The van der Waals surface area contributed by atoms with Crippen LogP contribution in [0.4, 0.5) is 4.39 Å². The van der Waals surface area contributed by atoms with Gasteiger partial charge in [0.2, 0.25) is 15.9 Å². The van der Waals surface area contributed by atoms with Crippen molar-refractivity contribution >= 4 is 26.0 Å². The number of ether oxygens (including phenoxy) is 1. The topological polar surface area (TPSA) is 150 Å². The number of primary sulfonamides is 1. The molecular formula is C24H21FN4O6S2. The molecule has 0 radical (unpaired) electrons. The Balaban J connectivity index is 1.76. The Kier molecular flexibility index (Phi) is 7.23. The highest BCUT2D eigenvalue weighted by Gasteiger charge is 2.28. The Bertz CT molecular complexity index is 1680. The number of nitrogens with zero attached hydrogens (tertiary/aromatic N) is 2. The van der Waals surface area contributed by atoms with Crippen molar-refractivity contribution in [3.63, 3.8) is 0 Å². The number of sulfonamides is 1. The molecule has 0 saturated heterocycles. The van der Waals surface area contributed by atoms with Gasteiger partial charge in [-0.25, -0.2) is 40.1 Å². The van der Waals surface area contributed by atoms with E-state index < -0.39 is 42.6 Å². The van der Waals surface area contributed by atoms with Crippen LogP contribution in [0.5, 0.6) is 5.88 Å². The van der Waals surface area contributed by atoms with E-state index >= 15 is 0 Å². The fourth-order valence-corrected chi connectivity index (χ4v) is 5.52. The van der Waals surface area contributed by atoms with Gasteiger partial charge in [0.1, 0.15) is 5.82 Å². The lowest BCUT2D eigenvalue weighted by Crippen LogP contribution is -2.18. The minimum atomic E-state index is -4.43. The lowest BCUT2D eigenvalue weighted by Gasteiger charge is -2.13. The van der Waals surface area contributed by atoms with Gasteiger partial charge in [-0.3, -0.25) is 0 Å². The van der Waals surface area contributed by atoms with Crippen molar-refractivity contribution in [3.8, 4) is 17.1 Å². The zero-order valence-electron chi connectivity index (χ0n) is 19.3. The maximum absolute atomic E-state index is 14.6. The lowest BCUT2D eigenvalue weighted by molar-refractivity contribution is 0.0722. The number of carbonyl (C=O) groups is 1. The predicted octanol–water partition coefficient (Wildman–Crippen LogP) is 2.51. The van der Waals surface area contributed by atoms with E-state index in [4.69, 9.17) is 9.88 Å². The fourth-order valence-electron chi connectivity index (χ4n) is 3.54. The van der Waals surface area contributed by atoms with Crippen LogP contribution in [0.25, 0.3) is 11.3 Å². The summed E-state index contributed by atoms with van der Waals surface area (Å²) in [5.74, 6) is -2.10. The second-order valence-electron chi connectivity index (χ2n) is 7.81. The molecule has 0 atom stereocenters. The van der Waals surface area contributed by atoms with Gasteiger partial charge in [0.15, 0.2) is 4.90 Å². The molecule has 0 bridgehead atoms. The summed E-state index contributed by atoms with van der Waals surface area (Å²) in [6.07, 6.45) is 2.59. The fraction of sp³-hybridized carbons (Fsp3) is 0.0833. The molecule has 0 amide bonds. The van der Waals surface area contributed by atoms with Crippen molar-refractivity contribution < 1.29 is 30.8 Å².